The second-order valence-corrected chi connectivity index (χ2v) is 9.99. The van der Waals surface area contributed by atoms with Crippen molar-refractivity contribution in [2.45, 2.75) is 72.2 Å². The van der Waals surface area contributed by atoms with Gasteiger partial charge in [-0.25, -0.2) is 24.8 Å². The van der Waals surface area contributed by atoms with E-state index < -0.39 is 17.7 Å². The summed E-state index contributed by atoms with van der Waals surface area (Å²) in [6.07, 6.45) is 0.749. The lowest BCUT2D eigenvalue weighted by Crippen LogP contribution is -2.49. The van der Waals surface area contributed by atoms with Gasteiger partial charge in [-0.15, -0.1) is 11.3 Å². The van der Waals surface area contributed by atoms with Crippen molar-refractivity contribution in [3.63, 3.8) is 0 Å². The van der Waals surface area contributed by atoms with E-state index in [0.717, 1.165) is 17.9 Å². The van der Waals surface area contributed by atoms with Crippen LogP contribution in [0.2, 0.25) is 0 Å². The number of fused-ring (bicyclic) bond motifs is 1. The standard InChI is InChI=1S/C21H31N5O6S/c1-6-31-10-9-24-17-15(16(27)26(20(24)30)13-7-8-13)12(2)14(33-17)11-25(18(22)28)23-19(29)32-21(3,4)5/h13H,6-11H2,1-5H3,(H2,22,28)(H,23,29). The minimum absolute atomic E-state index is 0.0811. The van der Waals surface area contributed by atoms with Gasteiger partial charge in [-0.1, -0.05) is 0 Å². The van der Waals surface area contributed by atoms with E-state index in [4.69, 9.17) is 15.2 Å². The third kappa shape index (κ3) is 5.56. The zero-order chi connectivity index (χ0) is 24.5. The minimum Gasteiger partial charge on any atom is -0.443 e. The van der Waals surface area contributed by atoms with Gasteiger partial charge in [0.2, 0.25) is 0 Å². The average molecular weight is 482 g/mol. The Balaban J connectivity index is 2.02. The van der Waals surface area contributed by atoms with Crippen LogP contribution in [0.1, 0.15) is 57.0 Å². The van der Waals surface area contributed by atoms with E-state index in [0.29, 0.717) is 40.4 Å². The van der Waals surface area contributed by atoms with Crippen LogP contribution in [0.25, 0.3) is 10.2 Å². The Morgan fingerprint density at radius 2 is 1.94 bits per heavy atom. The average Bonchev–Trinajstić information content (AvgIpc) is 3.46. The molecule has 0 spiro atoms. The fourth-order valence-electron chi connectivity index (χ4n) is 3.44. The van der Waals surface area contributed by atoms with Gasteiger partial charge in [0, 0.05) is 17.5 Å². The third-order valence-electron chi connectivity index (χ3n) is 5.11. The summed E-state index contributed by atoms with van der Waals surface area (Å²) in [5.74, 6) is 0. The van der Waals surface area contributed by atoms with Crippen molar-refractivity contribution >= 4 is 33.7 Å². The number of hydrogen-bond donors (Lipinski definition) is 2. The normalized spacial score (nSPS) is 13.8. The molecule has 0 atom stereocenters. The minimum atomic E-state index is -0.887. The van der Waals surface area contributed by atoms with Crippen LogP contribution in [-0.2, 0) is 22.6 Å². The monoisotopic (exact) mass is 481 g/mol. The number of hydrazine groups is 1. The van der Waals surface area contributed by atoms with Crippen molar-refractivity contribution in [3.05, 3.63) is 31.3 Å². The third-order valence-corrected chi connectivity index (χ3v) is 6.41. The number of thiophene rings is 1. The molecular formula is C21H31N5O6S. The van der Waals surface area contributed by atoms with Crippen LogP contribution < -0.4 is 22.4 Å². The number of rotatable bonds is 7. The van der Waals surface area contributed by atoms with Gasteiger partial charge in [-0.2, -0.15) is 0 Å². The molecule has 2 aromatic rings. The van der Waals surface area contributed by atoms with Crippen LogP contribution >= 0.6 is 11.3 Å². The van der Waals surface area contributed by atoms with Crippen molar-refractivity contribution in [2.75, 3.05) is 13.2 Å². The van der Waals surface area contributed by atoms with Gasteiger partial charge >= 0.3 is 17.8 Å². The summed E-state index contributed by atoms with van der Waals surface area (Å²) < 4.78 is 13.5. The number of primary amides is 1. The fraction of sp³-hybridized carbons (Fsp3) is 0.619. The highest BCUT2D eigenvalue weighted by Crippen LogP contribution is 2.34. The van der Waals surface area contributed by atoms with Gasteiger partial charge in [0.05, 0.1) is 25.1 Å². The van der Waals surface area contributed by atoms with Crippen LogP contribution in [0.3, 0.4) is 0 Å². The first-order chi connectivity index (χ1) is 15.4. The van der Waals surface area contributed by atoms with E-state index in [1.54, 1.807) is 32.3 Å². The van der Waals surface area contributed by atoms with Gasteiger partial charge in [0.15, 0.2) is 0 Å². The Hall–Kier alpha value is -2.86. The molecule has 1 fully saturated rings. The Morgan fingerprint density at radius 3 is 2.48 bits per heavy atom. The van der Waals surface area contributed by atoms with Gasteiger partial charge in [0.1, 0.15) is 10.4 Å². The lowest BCUT2D eigenvalue weighted by molar-refractivity contribution is 0.0376. The summed E-state index contributed by atoms with van der Waals surface area (Å²) in [6.45, 7) is 9.78. The van der Waals surface area contributed by atoms with Gasteiger partial charge in [-0.3, -0.25) is 13.9 Å². The predicted molar refractivity (Wildman–Crippen MR) is 124 cm³/mol. The van der Waals surface area contributed by atoms with Gasteiger partial charge < -0.3 is 15.2 Å². The number of aryl methyl sites for hydroxylation is 1. The maximum Gasteiger partial charge on any atom is 0.426 e. The van der Waals surface area contributed by atoms with Gasteiger partial charge in [0.25, 0.3) is 5.56 Å². The van der Waals surface area contributed by atoms with Crippen LogP contribution in [0, 0.1) is 6.92 Å². The molecule has 1 saturated carbocycles. The first-order valence-electron chi connectivity index (χ1n) is 10.9. The first-order valence-corrected chi connectivity index (χ1v) is 11.7. The highest BCUT2D eigenvalue weighted by Gasteiger charge is 2.31. The van der Waals surface area contributed by atoms with Crippen molar-refractivity contribution in [2.24, 2.45) is 5.73 Å². The lowest BCUT2D eigenvalue weighted by atomic mass is 10.2. The van der Waals surface area contributed by atoms with Crippen molar-refractivity contribution in [3.8, 4) is 0 Å². The Labute approximate surface area is 195 Å². The summed E-state index contributed by atoms with van der Waals surface area (Å²) in [5.41, 5.74) is 6.99. The number of aromatic nitrogens is 2. The Kier molecular flexibility index (Phi) is 7.17. The molecule has 0 unspecified atom stereocenters. The van der Waals surface area contributed by atoms with E-state index in [2.05, 4.69) is 5.43 Å². The SMILES string of the molecule is CCOCCn1c(=O)n(C2CC2)c(=O)c2c(C)c(CN(NC(=O)OC(C)(C)C)C(N)=O)sc21. The largest absolute Gasteiger partial charge is 0.443 e. The topological polar surface area (TPSA) is 138 Å². The Bertz CT molecular complexity index is 1170. The van der Waals surface area contributed by atoms with Crippen molar-refractivity contribution < 1.29 is 19.1 Å². The molecule has 2 aromatic heterocycles. The van der Waals surface area contributed by atoms with E-state index in [-0.39, 0.29) is 23.8 Å². The van der Waals surface area contributed by atoms with Crippen molar-refractivity contribution in [1.82, 2.24) is 19.6 Å². The summed E-state index contributed by atoms with van der Waals surface area (Å²) in [4.78, 5) is 51.6. The molecular weight excluding hydrogens is 450 g/mol. The number of nitrogens with two attached hydrogens (primary N) is 1. The number of nitrogens with one attached hydrogen (secondary N) is 1. The molecule has 12 heteroatoms. The molecule has 3 N–H and O–H groups in total. The molecule has 0 aromatic carbocycles. The molecule has 1 aliphatic rings. The number of hydrogen-bond acceptors (Lipinski definition) is 7. The van der Waals surface area contributed by atoms with E-state index in [1.165, 1.54) is 15.9 Å². The molecule has 11 nitrogen and oxygen atoms in total. The Morgan fingerprint density at radius 1 is 1.27 bits per heavy atom. The smallest absolute Gasteiger partial charge is 0.426 e. The molecule has 0 saturated heterocycles. The van der Waals surface area contributed by atoms with E-state index in [9.17, 15) is 19.2 Å². The van der Waals surface area contributed by atoms with Crippen LogP contribution in [0.15, 0.2) is 9.59 Å². The molecule has 3 amide bonds. The summed E-state index contributed by atoms with van der Waals surface area (Å²) in [7, 11) is 0. The molecule has 0 aliphatic heterocycles. The molecule has 0 radical (unpaired) electrons. The van der Waals surface area contributed by atoms with Crippen LogP contribution in [-0.4, -0.2) is 45.1 Å². The number of carbonyl (C=O) groups excluding carboxylic acids is 2. The second kappa shape index (κ2) is 9.56. The lowest BCUT2D eigenvalue weighted by Gasteiger charge is -2.24. The summed E-state index contributed by atoms with van der Waals surface area (Å²) in [6, 6.07) is -0.978. The van der Waals surface area contributed by atoms with E-state index >= 15 is 0 Å². The summed E-state index contributed by atoms with van der Waals surface area (Å²) in [5, 5.41) is 1.35. The highest BCUT2D eigenvalue weighted by atomic mass is 32.1. The number of urea groups is 1. The fourth-order valence-corrected chi connectivity index (χ4v) is 4.74. The summed E-state index contributed by atoms with van der Waals surface area (Å²) >= 11 is 1.22. The maximum atomic E-state index is 13.2. The molecule has 0 bridgehead atoms. The molecule has 2 heterocycles. The molecule has 33 heavy (non-hydrogen) atoms. The molecule has 3 rings (SSSR count). The molecule has 1 aliphatic carbocycles. The number of ether oxygens (including phenoxy) is 2. The highest BCUT2D eigenvalue weighted by molar-refractivity contribution is 7.18. The zero-order valence-electron chi connectivity index (χ0n) is 19.6. The quantitative estimate of drug-likeness (QED) is 0.459. The molecule has 182 valence electrons. The number of nitrogens with zero attached hydrogens (tertiary/aromatic N) is 3. The van der Waals surface area contributed by atoms with E-state index in [1.807, 2.05) is 6.92 Å². The number of carbonyl (C=O) groups is 2. The van der Waals surface area contributed by atoms with Crippen molar-refractivity contribution in [1.29, 1.82) is 0 Å². The first kappa shape index (κ1) is 24.8. The maximum absolute atomic E-state index is 13.2. The zero-order valence-corrected chi connectivity index (χ0v) is 20.4. The predicted octanol–water partition coefficient (Wildman–Crippen LogP) is 2.22. The van der Waals surface area contributed by atoms with Crippen LogP contribution in [0.5, 0.6) is 0 Å². The number of amides is 3. The van der Waals surface area contributed by atoms with Gasteiger partial charge in [-0.05, 0) is 53.0 Å². The van der Waals surface area contributed by atoms with Crippen LogP contribution in [0.4, 0.5) is 9.59 Å². The second-order valence-electron chi connectivity index (χ2n) is 8.91.